The Balaban J connectivity index is 1.96. The zero-order valence-electron chi connectivity index (χ0n) is 11.6. The maximum Gasteiger partial charge on any atom is 0.165 e. The molecule has 3 aromatic rings. The molecule has 0 atom stereocenters. The molecule has 0 aliphatic heterocycles. The molecule has 0 saturated heterocycles. The van der Waals surface area contributed by atoms with Gasteiger partial charge in [-0.15, -0.1) is 0 Å². The number of hydrogen-bond donors (Lipinski definition) is 0. The van der Waals surface area contributed by atoms with Gasteiger partial charge in [0.25, 0.3) is 0 Å². The molecule has 0 bridgehead atoms. The van der Waals surface area contributed by atoms with Crippen LogP contribution in [0.25, 0.3) is 10.9 Å². The molecule has 0 spiro atoms. The standard InChI is InChI=1S/C17H15F2NO/c1-2-20-10-12(17-14(19)7-5-8-15(17)20)11-21-16-9-4-3-6-13(16)18/h3-10H,2,11H2,1H3. The molecule has 0 unspecified atom stereocenters. The van der Waals surface area contributed by atoms with Gasteiger partial charge in [-0.05, 0) is 31.2 Å². The highest BCUT2D eigenvalue weighted by atomic mass is 19.1. The second-order valence-electron chi connectivity index (χ2n) is 4.79. The van der Waals surface area contributed by atoms with Crippen LogP contribution < -0.4 is 4.74 Å². The van der Waals surface area contributed by atoms with Gasteiger partial charge in [0.2, 0.25) is 0 Å². The van der Waals surface area contributed by atoms with E-state index in [4.69, 9.17) is 4.74 Å². The summed E-state index contributed by atoms with van der Waals surface area (Å²) in [6.45, 7) is 2.86. The van der Waals surface area contributed by atoms with E-state index >= 15 is 0 Å². The lowest BCUT2D eigenvalue weighted by atomic mass is 10.2. The van der Waals surface area contributed by atoms with Crippen molar-refractivity contribution in [2.24, 2.45) is 0 Å². The number of benzene rings is 2. The average Bonchev–Trinajstić information content (AvgIpc) is 2.86. The summed E-state index contributed by atoms with van der Waals surface area (Å²) in [5.74, 6) is -0.532. The molecule has 2 aromatic carbocycles. The Morgan fingerprint density at radius 2 is 1.76 bits per heavy atom. The molecule has 4 heteroatoms. The van der Waals surface area contributed by atoms with E-state index in [0.717, 1.165) is 12.1 Å². The van der Waals surface area contributed by atoms with Gasteiger partial charge in [0, 0.05) is 23.7 Å². The van der Waals surface area contributed by atoms with E-state index in [1.807, 2.05) is 23.8 Å². The van der Waals surface area contributed by atoms with E-state index in [1.165, 1.54) is 12.1 Å². The smallest absolute Gasteiger partial charge is 0.165 e. The lowest BCUT2D eigenvalue weighted by molar-refractivity contribution is 0.291. The first-order valence-corrected chi connectivity index (χ1v) is 6.84. The number of halogens is 2. The van der Waals surface area contributed by atoms with Crippen LogP contribution in [0.15, 0.2) is 48.7 Å². The van der Waals surface area contributed by atoms with Gasteiger partial charge in [-0.3, -0.25) is 0 Å². The van der Waals surface area contributed by atoms with Crippen molar-refractivity contribution >= 4 is 10.9 Å². The van der Waals surface area contributed by atoms with Gasteiger partial charge in [0.1, 0.15) is 12.4 Å². The summed E-state index contributed by atoms with van der Waals surface area (Å²) in [6.07, 6.45) is 1.86. The van der Waals surface area contributed by atoms with E-state index in [0.29, 0.717) is 10.9 Å². The first-order valence-electron chi connectivity index (χ1n) is 6.84. The summed E-state index contributed by atoms with van der Waals surface area (Å²) in [6, 6.07) is 11.2. The lowest BCUT2D eigenvalue weighted by Crippen LogP contribution is -1.97. The van der Waals surface area contributed by atoms with Gasteiger partial charge in [-0.2, -0.15) is 0 Å². The normalized spacial score (nSPS) is 11.0. The number of hydrogen-bond acceptors (Lipinski definition) is 1. The Morgan fingerprint density at radius 3 is 2.52 bits per heavy atom. The van der Waals surface area contributed by atoms with Crippen molar-refractivity contribution in [3.05, 3.63) is 65.9 Å². The third kappa shape index (κ3) is 2.49. The fraction of sp³-hybridized carbons (Fsp3) is 0.176. The number of fused-ring (bicyclic) bond motifs is 1. The summed E-state index contributed by atoms with van der Waals surface area (Å²) >= 11 is 0. The van der Waals surface area contributed by atoms with Gasteiger partial charge in [0.05, 0.1) is 5.52 Å². The predicted octanol–water partition coefficient (Wildman–Crippen LogP) is 4.52. The summed E-state index contributed by atoms with van der Waals surface area (Å²) in [5, 5.41) is 0.538. The highest BCUT2D eigenvalue weighted by Crippen LogP contribution is 2.26. The summed E-state index contributed by atoms with van der Waals surface area (Å²) in [5.41, 5.74) is 1.54. The molecule has 0 saturated carbocycles. The first-order chi connectivity index (χ1) is 10.2. The van der Waals surface area contributed by atoms with Gasteiger partial charge in [-0.25, -0.2) is 8.78 Å². The lowest BCUT2D eigenvalue weighted by Gasteiger charge is -2.06. The van der Waals surface area contributed by atoms with Crippen LogP contribution in [0.1, 0.15) is 12.5 Å². The first kappa shape index (κ1) is 13.6. The molecule has 0 radical (unpaired) electrons. The molecule has 0 aliphatic rings. The van der Waals surface area contributed by atoms with E-state index in [1.54, 1.807) is 24.3 Å². The zero-order valence-corrected chi connectivity index (χ0v) is 11.6. The third-order valence-corrected chi connectivity index (χ3v) is 3.49. The number of nitrogens with zero attached hydrogens (tertiary/aromatic N) is 1. The Morgan fingerprint density at radius 1 is 1.00 bits per heavy atom. The van der Waals surface area contributed by atoms with Gasteiger partial charge in [0.15, 0.2) is 11.6 Å². The monoisotopic (exact) mass is 287 g/mol. The molecule has 3 rings (SSSR count). The van der Waals surface area contributed by atoms with Crippen LogP contribution in [0.5, 0.6) is 5.75 Å². The molecule has 2 nitrogen and oxygen atoms in total. The molecule has 0 aliphatic carbocycles. The van der Waals surface area contributed by atoms with Crippen LogP contribution in [0.4, 0.5) is 8.78 Å². The Labute approximate surface area is 121 Å². The maximum absolute atomic E-state index is 14.1. The van der Waals surface area contributed by atoms with Crippen LogP contribution >= 0.6 is 0 Å². The van der Waals surface area contributed by atoms with Crippen LogP contribution in [0.3, 0.4) is 0 Å². The van der Waals surface area contributed by atoms with E-state index in [2.05, 4.69) is 0 Å². The van der Waals surface area contributed by atoms with Crippen molar-refractivity contribution in [1.29, 1.82) is 0 Å². The number of rotatable bonds is 4. The molecule has 1 heterocycles. The largest absolute Gasteiger partial charge is 0.486 e. The van der Waals surface area contributed by atoms with Crippen LogP contribution in [0.2, 0.25) is 0 Å². The summed E-state index contributed by atoms with van der Waals surface area (Å²) in [7, 11) is 0. The van der Waals surface area contributed by atoms with Gasteiger partial charge in [-0.1, -0.05) is 18.2 Å². The summed E-state index contributed by atoms with van der Waals surface area (Å²) < 4.78 is 35.1. The molecule has 0 amide bonds. The SMILES string of the molecule is CCn1cc(COc2ccccc2F)c2c(F)cccc21. The van der Waals surface area contributed by atoms with E-state index in [9.17, 15) is 8.78 Å². The van der Waals surface area contributed by atoms with Crippen LogP contribution in [-0.4, -0.2) is 4.57 Å². The fourth-order valence-electron chi connectivity index (χ4n) is 2.48. The number of ether oxygens (including phenoxy) is 1. The molecule has 0 N–H and O–H groups in total. The Bertz CT molecular complexity index is 780. The zero-order chi connectivity index (χ0) is 14.8. The molecule has 108 valence electrons. The van der Waals surface area contributed by atoms with Crippen molar-refractivity contribution in [2.45, 2.75) is 20.1 Å². The second kappa shape index (κ2) is 5.56. The number of para-hydroxylation sites is 1. The molecule has 0 fully saturated rings. The van der Waals surface area contributed by atoms with Crippen molar-refractivity contribution in [3.8, 4) is 5.75 Å². The van der Waals surface area contributed by atoms with Crippen molar-refractivity contribution < 1.29 is 13.5 Å². The van der Waals surface area contributed by atoms with Crippen LogP contribution in [-0.2, 0) is 13.2 Å². The third-order valence-electron chi connectivity index (χ3n) is 3.49. The molecule has 21 heavy (non-hydrogen) atoms. The second-order valence-corrected chi connectivity index (χ2v) is 4.79. The van der Waals surface area contributed by atoms with Crippen molar-refractivity contribution in [3.63, 3.8) is 0 Å². The minimum atomic E-state index is -0.419. The van der Waals surface area contributed by atoms with Crippen molar-refractivity contribution in [1.82, 2.24) is 4.57 Å². The topological polar surface area (TPSA) is 14.2 Å². The number of aromatic nitrogens is 1. The maximum atomic E-state index is 14.1. The predicted molar refractivity (Wildman–Crippen MR) is 78.3 cm³/mol. The Hall–Kier alpha value is -2.36. The fourth-order valence-corrected chi connectivity index (χ4v) is 2.48. The minimum absolute atomic E-state index is 0.130. The summed E-state index contributed by atoms with van der Waals surface area (Å²) in [4.78, 5) is 0. The highest BCUT2D eigenvalue weighted by Gasteiger charge is 2.13. The molecule has 1 aromatic heterocycles. The average molecular weight is 287 g/mol. The number of aryl methyl sites for hydroxylation is 1. The van der Waals surface area contributed by atoms with E-state index in [-0.39, 0.29) is 18.2 Å². The van der Waals surface area contributed by atoms with Gasteiger partial charge < -0.3 is 9.30 Å². The van der Waals surface area contributed by atoms with Gasteiger partial charge >= 0.3 is 0 Å². The van der Waals surface area contributed by atoms with Crippen LogP contribution in [0, 0.1) is 11.6 Å². The minimum Gasteiger partial charge on any atom is -0.486 e. The highest BCUT2D eigenvalue weighted by molar-refractivity contribution is 5.84. The van der Waals surface area contributed by atoms with Crippen molar-refractivity contribution in [2.75, 3.05) is 0 Å². The van der Waals surface area contributed by atoms with E-state index < -0.39 is 5.82 Å². The Kier molecular flexibility index (Phi) is 3.60. The molecular weight excluding hydrogens is 272 g/mol. The quantitative estimate of drug-likeness (QED) is 0.688. The molecular formula is C17H15F2NO.